The lowest BCUT2D eigenvalue weighted by Gasteiger charge is -2.56. The van der Waals surface area contributed by atoms with E-state index in [9.17, 15) is 34.8 Å². The summed E-state index contributed by atoms with van der Waals surface area (Å²) in [6.07, 6.45) is 0.311. The molecule has 1 saturated heterocycles. The summed E-state index contributed by atoms with van der Waals surface area (Å²) in [5, 5.41) is 49.0. The molecule has 0 aromatic heterocycles. The van der Waals surface area contributed by atoms with Crippen LogP contribution in [-0.2, 0) is 32.1 Å². The van der Waals surface area contributed by atoms with Crippen LogP contribution in [0.4, 0.5) is 0 Å². The Balaban J connectivity index is 1.80. The number of Topliss-reactive ketones (excluding diaryl/α,β-unsaturated/α-hetero) is 3. The third-order valence-corrected chi connectivity index (χ3v) is 9.03. The highest BCUT2D eigenvalue weighted by molar-refractivity contribution is 6.25. The maximum atomic E-state index is 14.5. The third-order valence-electron chi connectivity index (χ3n) is 9.03. The van der Waals surface area contributed by atoms with Gasteiger partial charge >= 0.3 is 0 Å². The molecule has 0 amide bonds. The minimum absolute atomic E-state index is 0.0594. The van der Waals surface area contributed by atoms with Crippen LogP contribution in [0.3, 0.4) is 0 Å². The average Bonchev–Trinajstić information content (AvgIpc) is 2.88. The number of fused-ring (bicyclic) bond motifs is 3. The second-order valence-electron chi connectivity index (χ2n) is 11.7. The van der Waals surface area contributed by atoms with Crippen molar-refractivity contribution in [1.82, 2.24) is 15.1 Å². The number of phenolic OH excluding ortho intramolecular Hbond substituents is 1. The highest BCUT2D eigenvalue weighted by Gasteiger charge is 2.67. The zero-order valence-corrected chi connectivity index (χ0v) is 23.3. The highest BCUT2D eigenvalue weighted by atomic mass is 16.5. The molecule has 1 heterocycles. The molecule has 1 saturated carbocycles. The predicted molar refractivity (Wildman–Crippen MR) is 145 cm³/mol. The number of carbonyl (C=O) groups excluding carboxylic acids is 3. The van der Waals surface area contributed by atoms with E-state index in [1.54, 1.807) is 32.1 Å². The Morgan fingerprint density at radius 2 is 1.85 bits per heavy atom. The summed E-state index contributed by atoms with van der Waals surface area (Å²) < 4.78 is 5.53. The Morgan fingerprint density at radius 3 is 2.45 bits per heavy atom. The Morgan fingerprint density at radius 1 is 1.18 bits per heavy atom. The quantitative estimate of drug-likeness (QED) is 0.311. The Kier molecular flexibility index (Phi) is 7.16. The summed E-state index contributed by atoms with van der Waals surface area (Å²) in [5.41, 5.74) is -2.78. The predicted octanol–water partition coefficient (Wildman–Crippen LogP) is 0.490. The van der Waals surface area contributed by atoms with Crippen molar-refractivity contribution in [1.29, 1.82) is 0 Å². The van der Waals surface area contributed by atoms with Gasteiger partial charge in [0.25, 0.3) is 0 Å². The van der Waals surface area contributed by atoms with Gasteiger partial charge in [-0.15, -0.1) is 0 Å². The van der Waals surface area contributed by atoms with Crippen LogP contribution < -0.4 is 5.32 Å². The molecular formula is C29H37N3O8. The van der Waals surface area contributed by atoms with Crippen molar-refractivity contribution >= 4 is 23.1 Å². The van der Waals surface area contributed by atoms with Gasteiger partial charge in [0, 0.05) is 43.1 Å². The van der Waals surface area contributed by atoms with Gasteiger partial charge in [-0.2, -0.15) is 0 Å². The molecule has 11 nitrogen and oxygen atoms in total. The van der Waals surface area contributed by atoms with Crippen molar-refractivity contribution in [3.8, 4) is 5.75 Å². The van der Waals surface area contributed by atoms with Gasteiger partial charge in [0.05, 0.1) is 24.8 Å². The standard InChI is InChI=1S/C29H37N3O8/c1-15(33)20-25(36)23(31(3)4)18-12-28(14-32-7-9-40-10-8-32)11-17-16(13-30-2)5-6-19(34)21(17)24(35)22(28)27(38)29(18,39)26(20)37/h5-6,18,23,30,34-35,37,39H,7-14H2,1-4H3/t18-,23-,28-,29+/m0/s1. The van der Waals surface area contributed by atoms with E-state index in [2.05, 4.69) is 10.2 Å². The molecule has 4 atom stereocenters. The molecule has 1 aliphatic heterocycles. The number of carbonyl (C=O) groups is 3. The van der Waals surface area contributed by atoms with Crippen molar-refractivity contribution in [2.45, 2.75) is 38.0 Å². The van der Waals surface area contributed by atoms with Crippen LogP contribution in [0.1, 0.15) is 30.0 Å². The molecule has 1 aromatic rings. The smallest absolute Gasteiger partial charge is 0.202 e. The maximum Gasteiger partial charge on any atom is 0.202 e. The number of hydrogen-bond acceptors (Lipinski definition) is 11. The first-order chi connectivity index (χ1) is 18.9. The fourth-order valence-electron chi connectivity index (χ4n) is 7.34. The fraction of sp³-hybridized carbons (Fsp3) is 0.552. The third kappa shape index (κ3) is 4.02. The van der Waals surface area contributed by atoms with Crippen molar-refractivity contribution in [2.75, 3.05) is 54.0 Å². The number of phenols is 1. The Bertz CT molecular complexity index is 1340. The van der Waals surface area contributed by atoms with E-state index < -0.39 is 57.4 Å². The lowest BCUT2D eigenvalue weighted by atomic mass is 9.51. The van der Waals surface area contributed by atoms with E-state index in [1.165, 1.54) is 6.07 Å². The molecule has 4 aliphatic rings. The maximum absolute atomic E-state index is 14.5. The topological polar surface area (TPSA) is 160 Å². The van der Waals surface area contributed by atoms with Gasteiger partial charge in [0.2, 0.25) is 5.78 Å². The second-order valence-corrected chi connectivity index (χ2v) is 11.7. The molecule has 216 valence electrons. The number of ether oxygens (including phenoxy) is 1. The number of benzene rings is 1. The molecule has 0 bridgehead atoms. The summed E-state index contributed by atoms with van der Waals surface area (Å²) in [6.45, 7) is 4.04. The molecule has 5 rings (SSSR count). The van der Waals surface area contributed by atoms with Crippen LogP contribution in [0.5, 0.6) is 5.75 Å². The SMILES string of the molecule is CNCc1ccc(O)c2c1C[C@@]1(CN3CCOCC3)C[C@H]3[C@H](N(C)C)C(=O)C(C(C)=O)=C(O)[C@@]3(O)C(=O)C1=C2O. The first kappa shape index (κ1) is 28.4. The number of aromatic hydroxyl groups is 1. The lowest BCUT2D eigenvalue weighted by Crippen LogP contribution is -2.68. The highest BCUT2D eigenvalue weighted by Crippen LogP contribution is 2.58. The van der Waals surface area contributed by atoms with Crippen LogP contribution in [0, 0.1) is 11.3 Å². The summed E-state index contributed by atoms with van der Waals surface area (Å²) in [5.74, 6) is -5.13. The second kappa shape index (κ2) is 10.1. The van der Waals surface area contributed by atoms with E-state index >= 15 is 0 Å². The molecule has 3 aliphatic carbocycles. The molecular weight excluding hydrogens is 518 g/mol. The molecule has 0 spiro atoms. The number of ketones is 3. The van der Waals surface area contributed by atoms with Crippen molar-refractivity contribution in [3.63, 3.8) is 0 Å². The molecule has 40 heavy (non-hydrogen) atoms. The van der Waals surface area contributed by atoms with Crippen LogP contribution in [0.15, 0.2) is 29.0 Å². The van der Waals surface area contributed by atoms with Crippen LogP contribution in [-0.4, -0.2) is 113 Å². The van der Waals surface area contributed by atoms with Gasteiger partial charge in [-0.1, -0.05) is 6.07 Å². The summed E-state index contributed by atoms with van der Waals surface area (Å²) >= 11 is 0. The Hall–Kier alpha value is -3.09. The minimum Gasteiger partial charge on any atom is -0.508 e. The fourth-order valence-corrected chi connectivity index (χ4v) is 7.34. The first-order valence-corrected chi connectivity index (χ1v) is 13.5. The zero-order valence-electron chi connectivity index (χ0n) is 23.3. The molecule has 0 radical (unpaired) electrons. The number of rotatable bonds is 6. The van der Waals surface area contributed by atoms with E-state index in [0.29, 0.717) is 45.0 Å². The van der Waals surface area contributed by atoms with Crippen molar-refractivity contribution < 1.29 is 39.5 Å². The number of nitrogens with zero attached hydrogens (tertiary/aromatic N) is 2. The van der Waals surface area contributed by atoms with E-state index in [-0.39, 0.29) is 29.7 Å². The summed E-state index contributed by atoms with van der Waals surface area (Å²) in [4.78, 5) is 44.3. The normalized spacial score (nSPS) is 30.9. The van der Waals surface area contributed by atoms with Gasteiger partial charge < -0.3 is 30.5 Å². The van der Waals surface area contributed by atoms with Gasteiger partial charge in [-0.3, -0.25) is 24.2 Å². The zero-order chi connectivity index (χ0) is 29.1. The van der Waals surface area contributed by atoms with Crippen LogP contribution >= 0.6 is 0 Å². The van der Waals surface area contributed by atoms with Crippen LogP contribution in [0.25, 0.3) is 5.76 Å². The number of aliphatic hydroxyl groups is 3. The molecule has 0 unspecified atom stereocenters. The number of morpholine rings is 1. The number of nitrogens with one attached hydrogen (secondary N) is 1. The lowest BCUT2D eigenvalue weighted by molar-refractivity contribution is -0.158. The molecule has 11 heteroatoms. The van der Waals surface area contributed by atoms with Gasteiger partial charge in [-0.05, 0) is 58.1 Å². The monoisotopic (exact) mass is 555 g/mol. The van der Waals surface area contributed by atoms with E-state index in [0.717, 1.165) is 12.5 Å². The Labute approximate surface area is 232 Å². The summed E-state index contributed by atoms with van der Waals surface area (Å²) in [6, 6.07) is 2.15. The summed E-state index contributed by atoms with van der Waals surface area (Å²) in [7, 11) is 5.04. The van der Waals surface area contributed by atoms with E-state index in [4.69, 9.17) is 4.74 Å². The average molecular weight is 556 g/mol. The number of aliphatic hydroxyl groups excluding tert-OH is 2. The van der Waals surface area contributed by atoms with Gasteiger partial charge in [0.15, 0.2) is 17.2 Å². The molecule has 1 aromatic carbocycles. The first-order valence-electron chi connectivity index (χ1n) is 13.5. The van der Waals surface area contributed by atoms with Crippen molar-refractivity contribution in [2.24, 2.45) is 11.3 Å². The van der Waals surface area contributed by atoms with Crippen LogP contribution in [0.2, 0.25) is 0 Å². The minimum atomic E-state index is -2.61. The van der Waals surface area contributed by atoms with Gasteiger partial charge in [-0.25, -0.2) is 0 Å². The van der Waals surface area contributed by atoms with Gasteiger partial charge in [0.1, 0.15) is 22.8 Å². The number of likely N-dealkylation sites (N-methyl/N-ethyl adjacent to an activating group) is 1. The largest absolute Gasteiger partial charge is 0.508 e. The molecule has 5 N–H and O–H groups in total. The number of hydrogen-bond donors (Lipinski definition) is 5. The van der Waals surface area contributed by atoms with Crippen molar-refractivity contribution in [3.05, 3.63) is 45.7 Å². The molecule has 2 fully saturated rings. The van der Waals surface area contributed by atoms with E-state index in [1.807, 2.05) is 0 Å².